The van der Waals surface area contributed by atoms with Crippen LogP contribution in [0.5, 0.6) is 5.75 Å². The van der Waals surface area contributed by atoms with E-state index in [4.69, 9.17) is 4.74 Å². The maximum Gasteiger partial charge on any atom is 0.176 e. The topological polar surface area (TPSA) is 29.5 Å². The van der Waals surface area contributed by atoms with Crippen LogP contribution in [-0.2, 0) is 0 Å². The lowest BCUT2D eigenvalue weighted by Gasteiger charge is -2.35. The highest BCUT2D eigenvalue weighted by Crippen LogP contribution is 2.22. The molecule has 2 atom stereocenters. The zero-order valence-electron chi connectivity index (χ0n) is 12.1. The Morgan fingerprint density at radius 1 is 1.42 bits per heavy atom. The molecule has 1 aliphatic rings. The summed E-state index contributed by atoms with van der Waals surface area (Å²) in [5.74, 6) is 1.70. The maximum atomic E-state index is 12.3. The molecule has 0 radical (unpaired) electrons. The predicted molar refractivity (Wildman–Crippen MR) is 76.8 cm³/mol. The number of hydrogen-bond acceptors (Lipinski definition) is 3. The summed E-state index contributed by atoms with van der Waals surface area (Å²) in [4.78, 5) is 14.6. The van der Waals surface area contributed by atoms with Crippen LogP contribution in [0.4, 0.5) is 0 Å². The van der Waals surface area contributed by atoms with Crippen molar-refractivity contribution in [2.75, 3.05) is 20.2 Å². The fraction of sp³-hybridized carbons (Fsp3) is 0.562. The monoisotopic (exact) mass is 261 g/mol. The largest absolute Gasteiger partial charge is 0.497 e. The van der Waals surface area contributed by atoms with Gasteiger partial charge >= 0.3 is 0 Å². The number of ketones is 1. The Morgan fingerprint density at radius 2 is 2.21 bits per heavy atom. The molecule has 3 heteroatoms. The van der Waals surface area contributed by atoms with Crippen LogP contribution in [0.3, 0.4) is 0 Å². The van der Waals surface area contributed by atoms with Gasteiger partial charge in [0.15, 0.2) is 5.78 Å². The van der Waals surface area contributed by atoms with Crippen LogP contribution in [0.2, 0.25) is 0 Å². The van der Waals surface area contributed by atoms with E-state index >= 15 is 0 Å². The van der Waals surface area contributed by atoms with Crippen molar-refractivity contribution in [3.8, 4) is 5.75 Å². The van der Waals surface area contributed by atoms with E-state index in [9.17, 15) is 4.79 Å². The quantitative estimate of drug-likeness (QED) is 0.780. The summed E-state index contributed by atoms with van der Waals surface area (Å²) < 4.78 is 5.16. The van der Waals surface area contributed by atoms with Gasteiger partial charge < -0.3 is 4.74 Å². The van der Waals surface area contributed by atoms with Gasteiger partial charge in [0.25, 0.3) is 0 Å². The fourth-order valence-corrected chi connectivity index (χ4v) is 2.76. The zero-order valence-corrected chi connectivity index (χ0v) is 12.1. The van der Waals surface area contributed by atoms with Gasteiger partial charge in [-0.1, -0.05) is 19.1 Å². The SMILES string of the molecule is COc1cccc(C(=O)CN2CCC(C)CC2C)c1. The van der Waals surface area contributed by atoms with E-state index in [-0.39, 0.29) is 5.78 Å². The van der Waals surface area contributed by atoms with Gasteiger partial charge in [-0.05, 0) is 44.4 Å². The molecule has 2 rings (SSSR count). The first-order chi connectivity index (χ1) is 9.10. The highest BCUT2D eigenvalue weighted by molar-refractivity contribution is 5.98. The average Bonchev–Trinajstić information content (AvgIpc) is 2.42. The van der Waals surface area contributed by atoms with Crippen molar-refractivity contribution < 1.29 is 9.53 Å². The number of ether oxygens (including phenoxy) is 1. The number of carbonyl (C=O) groups is 1. The number of nitrogens with zero attached hydrogens (tertiary/aromatic N) is 1. The Labute approximate surface area is 115 Å². The highest BCUT2D eigenvalue weighted by Gasteiger charge is 2.24. The molecule has 1 aromatic rings. The van der Waals surface area contributed by atoms with E-state index in [0.717, 1.165) is 23.8 Å². The van der Waals surface area contributed by atoms with Crippen LogP contribution in [0.25, 0.3) is 0 Å². The number of likely N-dealkylation sites (tertiary alicyclic amines) is 1. The standard InChI is InChI=1S/C16H23NO2/c1-12-7-8-17(13(2)9-12)11-16(18)14-5-4-6-15(10-14)19-3/h4-6,10,12-13H,7-9,11H2,1-3H3. The number of hydrogen-bond donors (Lipinski definition) is 0. The molecule has 2 unspecified atom stereocenters. The van der Waals surface area contributed by atoms with Crippen LogP contribution in [0, 0.1) is 5.92 Å². The summed E-state index contributed by atoms with van der Waals surface area (Å²) in [6, 6.07) is 7.91. The fourth-order valence-electron chi connectivity index (χ4n) is 2.76. The second-order valence-electron chi connectivity index (χ2n) is 5.60. The van der Waals surface area contributed by atoms with Crippen LogP contribution >= 0.6 is 0 Å². The molecule has 0 bridgehead atoms. The lowest BCUT2D eigenvalue weighted by atomic mass is 9.93. The number of methoxy groups -OCH3 is 1. The maximum absolute atomic E-state index is 12.3. The van der Waals surface area contributed by atoms with E-state index in [1.165, 1.54) is 12.8 Å². The minimum atomic E-state index is 0.181. The van der Waals surface area contributed by atoms with E-state index in [0.29, 0.717) is 12.6 Å². The number of carbonyl (C=O) groups excluding carboxylic acids is 1. The number of rotatable bonds is 4. The van der Waals surface area contributed by atoms with Crippen molar-refractivity contribution in [1.82, 2.24) is 4.90 Å². The molecule has 1 aliphatic heterocycles. The molecule has 0 amide bonds. The molecule has 0 spiro atoms. The number of piperidine rings is 1. The second-order valence-corrected chi connectivity index (χ2v) is 5.60. The lowest BCUT2D eigenvalue weighted by Crippen LogP contribution is -2.43. The lowest BCUT2D eigenvalue weighted by molar-refractivity contribution is 0.0816. The summed E-state index contributed by atoms with van der Waals surface area (Å²) in [6.45, 7) is 6.05. The molecule has 1 aromatic carbocycles. The first-order valence-corrected chi connectivity index (χ1v) is 7.01. The summed E-state index contributed by atoms with van der Waals surface area (Å²) >= 11 is 0. The average molecular weight is 261 g/mol. The minimum Gasteiger partial charge on any atom is -0.497 e. The van der Waals surface area contributed by atoms with Gasteiger partial charge in [0, 0.05) is 11.6 Å². The van der Waals surface area contributed by atoms with Gasteiger partial charge in [-0.15, -0.1) is 0 Å². The van der Waals surface area contributed by atoms with Crippen molar-refractivity contribution in [2.45, 2.75) is 32.7 Å². The van der Waals surface area contributed by atoms with Crippen LogP contribution in [0.15, 0.2) is 24.3 Å². The zero-order chi connectivity index (χ0) is 13.8. The van der Waals surface area contributed by atoms with Crippen LogP contribution in [0.1, 0.15) is 37.0 Å². The Bertz CT molecular complexity index is 444. The van der Waals surface area contributed by atoms with E-state index in [1.54, 1.807) is 7.11 Å². The molecule has 104 valence electrons. The van der Waals surface area contributed by atoms with Crippen molar-refractivity contribution in [3.05, 3.63) is 29.8 Å². The molecule has 0 aromatic heterocycles. The third-order valence-electron chi connectivity index (χ3n) is 4.01. The minimum absolute atomic E-state index is 0.181. The molecular formula is C16H23NO2. The Balaban J connectivity index is 2.00. The van der Waals surface area contributed by atoms with Gasteiger partial charge in [0.1, 0.15) is 5.75 Å². The predicted octanol–water partition coefficient (Wildman–Crippen LogP) is 3.00. The molecule has 0 N–H and O–H groups in total. The first kappa shape index (κ1) is 14.1. The van der Waals surface area contributed by atoms with Crippen molar-refractivity contribution in [2.24, 2.45) is 5.92 Å². The summed E-state index contributed by atoms with van der Waals surface area (Å²) in [5, 5.41) is 0. The number of Topliss-reactive ketones (excluding diaryl/α,β-unsaturated/α-hetero) is 1. The molecule has 0 aliphatic carbocycles. The smallest absolute Gasteiger partial charge is 0.176 e. The van der Waals surface area contributed by atoms with Crippen molar-refractivity contribution in [1.29, 1.82) is 0 Å². The van der Waals surface area contributed by atoms with Gasteiger partial charge in [0.05, 0.1) is 13.7 Å². The molecule has 1 saturated heterocycles. The first-order valence-electron chi connectivity index (χ1n) is 7.01. The van der Waals surface area contributed by atoms with Gasteiger partial charge in [-0.2, -0.15) is 0 Å². The third kappa shape index (κ3) is 3.57. The molecule has 1 fully saturated rings. The van der Waals surface area contributed by atoms with Gasteiger partial charge in [0.2, 0.25) is 0 Å². The van der Waals surface area contributed by atoms with E-state index < -0.39 is 0 Å². The normalized spacial score (nSPS) is 24.2. The van der Waals surface area contributed by atoms with Crippen molar-refractivity contribution in [3.63, 3.8) is 0 Å². The molecule has 19 heavy (non-hydrogen) atoms. The summed E-state index contributed by atoms with van der Waals surface area (Å²) in [7, 11) is 1.62. The Kier molecular flexibility index (Phi) is 4.59. The van der Waals surface area contributed by atoms with Gasteiger partial charge in [-0.25, -0.2) is 0 Å². The van der Waals surface area contributed by atoms with E-state index in [1.807, 2.05) is 24.3 Å². The second kappa shape index (κ2) is 6.20. The summed E-state index contributed by atoms with van der Waals surface area (Å²) in [6.07, 6.45) is 2.38. The van der Waals surface area contributed by atoms with Crippen molar-refractivity contribution >= 4 is 5.78 Å². The van der Waals surface area contributed by atoms with Gasteiger partial charge in [-0.3, -0.25) is 9.69 Å². The molecule has 0 saturated carbocycles. The molecule has 3 nitrogen and oxygen atoms in total. The van der Waals surface area contributed by atoms with Crippen LogP contribution < -0.4 is 4.74 Å². The van der Waals surface area contributed by atoms with Crippen LogP contribution in [-0.4, -0.2) is 36.9 Å². The Hall–Kier alpha value is -1.35. The molecule has 1 heterocycles. The highest BCUT2D eigenvalue weighted by atomic mass is 16.5. The summed E-state index contributed by atoms with van der Waals surface area (Å²) in [5.41, 5.74) is 0.741. The third-order valence-corrected chi connectivity index (χ3v) is 4.01. The number of benzene rings is 1. The Morgan fingerprint density at radius 3 is 2.89 bits per heavy atom. The molecular weight excluding hydrogens is 238 g/mol. The van der Waals surface area contributed by atoms with E-state index in [2.05, 4.69) is 18.7 Å².